The average molecular weight is 295 g/mol. The second-order valence-electron chi connectivity index (χ2n) is 4.86. The van der Waals surface area contributed by atoms with Gasteiger partial charge in [-0.1, -0.05) is 0 Å². The predicted molar refractivity (Wildman–Crippen MR) is 75.1 cm³/mol. The van der Waals surface area contributed by atoms with Crippen LogP contribution in [0.15, 0.2) is 18.2 Å². The van der Waals surface area contributed by atoms with E-state index < -0.39 is 17.8 Å². The summed E-state index contributed by atoms with van der Waals surface area (Å²) in [6.07, 6.45) is 0. The molecule has 1 aromatic carbocycles. The number of nitrogens with two attached hydrogens (primary N) is 1. The first-order chi connectivity index (χ1) is 9.99. The molecule has 0 aliphatic carbocycles. The van der Waals surface area contributed by atoms with Crippen LogP contribution >= 0.6 is 0 Å². The molecule has 1 fully saturated rings. The lowest BCUT2D eigenvalue weighted by Gasteiger charge is -2.29. The van der Waals surface area contributed by atoms with Crippen molar-refractivity contribution in [1.82, 2.24) is 10.2 Å². The van der Waals surface area contributed by atoms with Gasteiger partial charge < -0.3 is 20.7 Å². The fraction of sp³-hybridized carbons (Fsp3) is 0.429. The minimum Gasteiger partial charge on any atom is -0.398 e. The largest absolute Gasteiger partial charge is 0.398 e. The number of carbonyl (C=O) groups excluding carboxylic acids is 2. The molecule has 1 unspecified atom stereocenters. The summed E-state index contributed by atoms with van der Waals surface area (Å²) >= 11 is 0. The van der Waals surface area contributed by atoms with E-state index in [1.54, 1.807) is 11.8 Å². The first-order valence-corrected chi connectivity index (χ1v) is 6.71. The molecular weight excluding hydrogens is 277 g/mol. The van der Waals surface area contributed by atoms with E-state index in [0.29, 0.717) is 26.3 Å². The van der Waals surface area contributed by atoms with Gasteiger partial charge in [0.2, 0.25) is 5.91 Å². The Kier molecular flexibility index (Phi) is 4.74. The number of nitrogens with zero attached hydrogens (tertiary/aromatic N) is 1. The summed E-state index contributed by atoms with van der Waals surface area (Å²) in [7, 11) is 0. The highest BCUT2D eigenvalue weighted by molar-refractivity contribution is 6.01. The molecule has 0 radical (unpaired) electrons. The molecule has 0 spiro atoms. The normalized spacial score (nSPS) is 16.4. The smallest absolute Gasteiger partial charge is 0.254 e. The van der Waals surface area contributed by atoms with E-state index in [-0.39, 0.29) is 17.2 Å². The number of benzene rings is 1. The maximum atomic E-state index is 13.0. The van der Waals surface area contributed by atoms with Gasteiger partial charge in [-0.05, 0) is 25.1 Å². The molecule has 7 heteroatoms. The van der Waals surface area contributed by atoms with Crippen molar-refractivity contribution < 1.29 is 18.7 Å². The van der Waals surface area contributed by atoms with Gasteiger partial charge >= 0.3 is 0 Å². The lowest BCUT2D eigenvalue weighted by atomic mass is 10.1. The number of hydrogen-bond acceptors (Lipinski definition) is 4. The molecule has 1 atom stereocenters. The van der Waals surface area contributed by atoms with Gasteiger partial charge in [0, 0.05) is 18.8 Å². The van der Waals surface area contributed by atoms with Gasteiger partial charge in [-0.25, -0.2) is 4.39 Å². The maximum Gasteiger partial charge on any atom is 0.254 e. The molecule has 2 amide bonds. The van der Waals surface area contributed by atoms with Crippen LogP contribution < -0.4 is 11.1 Å². The summed E-state index contributed by atoms with van der Waals surface area (Å²) in [5, 5.41) is 2.58. The molecule has 114 valence electrons. The average Bonchev–Trinajstić information content (AvgIpc) is 2.47. The van der Waals surface area contributed by atoms with Crippen molar-refractivity contribution in [3.05, 3.63) is 29.6 Å². The number of amides is 2. The van der Waals surface area contributed by atoms with Crippen LogP contribution in [0.3, 0.4) is 0 Å². The molecule has 1 heterocycles. The highest BCUT2D eigenvalue weighted by Crippen LogP contribution is 2.13. The third kappa shape index (κ3) is 3.69. The van der Waals surface area contributed by atoms with Crippen LogP contribution in [0.5, 0.6) is 0 Å². The number of rotatable bonds is 3. The molecule has 0 saturated carbocycles. The zero-order valence-corrected chi connectivity index (χ0v) is 11.8. The maximum absolute atomic E-state index is 13.0. The quantitative estimate of drug-likeness (QED) is 0.790. The first kappa shape index (κ1) is 15.2. The van der Waals surface area contributed by atoms with Gasteiger partial charge in [-0.15, -0.1) is 0 Å². The molecule has 1 saturated heterocycles. The van der Waals surface area contributed by atoms with Crippen molar-refractivity contribution in [2.24, 2.45) is 0 Å². The van der Waals surface area contributed by atoms with E-state index in [0.717, 1.165) is 12.1 Å². The van der Waals surface area contributed by atoms with Gasteiger partial charge in [0.05, 0.1) is 18.8 Å². The molecule has 1 aromatic rings. The Hall–Kier alpha value is -2.15. The SMILES string of the molecule is CC(NC(=O)c1ccc(F)cc1N)C(=O)N1CCOCC1. The standard InChI is InChI=1S/C14H18FN3O3/c1-9(14(20)18-4-6-21-7-5-18)17-13(19)11-3-2-10(15)8-12(11)16/h2-3,8-9H,4-7,16H2,1H3,(H,17,19). The Labute approximate surface area is 122 Å². The summed E-state index contributed by atoms with van der Waals surface area (Å²) in [5.41, 5.74) is 5.80. The number of anilines is 1. The van der Waals surface area contributed by atoms with Gasteiger partial charge in [-0.2, -0.15) is 0 Å². The van der Waals surface area contributed by atoms with E-state index in [1.807, 2.05) is 0 Å². The van der Waals surface area contributed by atoms with Gasteiger partial charge in [-0.3, -0.25) is 9.59 Å². The summed E-state index contributed by atoms with van der Waals surface area (Å²) in [4.78, 5) is 25.9. The highest BCUT2D eigenvalue weighted by Gasteiger charge is 2.24. The minimum atomic E-state index is -0.681. The van der Waals surface area contributed by atoms with Crippen LogP contribution in [-0.2, 0) is 9.53 Å². The lowest BCUT2D eigenvalue weighted by Crippen LogP contribution is -2.50. The third-order valence-electron chi connectivity index (χ3n) is 3.30. The molecule has 0 aromatic heterocycles. The van der Waals surface area contributed by atoms with Crippen molar-refractivity contribution in [1.29, 1.82) is 0 Å². The van der Waals surface area contributed by atoms with Crippen LogP contribution in [0.1, 0.15) is 17.3 Å². The van der Waals surface area contributed by atoms with Crippen molar-refractivity contribution in [2.75, 3.05) is 32.0 Å². The Bertz CT molecular complexity index is 544. The van der Waals surface area contributed by atoms with Crippen molar-refractivity contribution in [2.45, 2.75) is 13.0 Å². The number of carbonyl (C=O) groups is 2. The molecular formula is C14H18FN3O3. The molecule has 6 nitrogen and oxygen atoms in total. The zero-order valence-electron chi connectivity index (χ0n) is 11.8. The van der Waals surface area contributed by atoms with E-state index in [9.17, 15) is 14.0 Å². The topological polar surface area (TPSA) is 84.7 Å². The number of hydrogen-bond donors (Lipinski definition) is 2. The molecule has 3 N–H and O–H groups in total. The summed E-state index contributed by atoms with van der Waals surface area (Å²) in [6.45, 7) is 3.62. The highest BCUT2D eigenvalue weighted by atomic mass is 19.1. The van der Waals surface area contributed by atoms with Crippen LogP contribution in [0.4, 0.5) is 10.1 Å². The van der Waals surface area contributed by atoms with Gasteiger partial charge in [0.25, 0.3) is 5.91 Å². The number of nitrogens with one attached hydrogen (secondary N) is 1. The number of ether oxygens (including phenoxy) is 1. The molecule has 1 aliphatic heterocycles. The van der Waals surface area contributed by atoms with E-state index >= 15 is 0 Å². The van der Waals surface area contributed by atoms with Crippen LogP contribution in [0.25, 0.3) is 0 Å². The second-order valence-corrected chi connectivity index (χ2v) is 4.86. The van der Waals surface area contributed by atoms with Crippen molar-refractivity contribution in [3.8, 4) is 0 Å². The summed E-state index contributed by atoms with van der Waals surface area (Å²) in [6, 6.07) is 2.84. The summed E-state index contributed by atoms with van der Waals surface area (Å²) < 4.78 is 18.1. The lowest BCUT2D eigenvalue weighted by molar-refractivity contribution is -0.136. The van der Waals surface area contributed by atoms with Crippen molar-refractivity contribution in [3.63, 3.8) is 0 Å². The van der Waals surface area contributed by atoms with E-state index in [4.69, 9.17) is 10.5 Å². The monoisotopic (exact) mass is 295 g/mol. The Morgan fingerprint density at radius 1 is 1.38 bits per heavy atom. The molecule has 21 heavy (non-hydrogen) atoms. The second kappa shape index (κ2) is 6.53. The fourth-order valence-electron chi connectivity index (χ4n) is 2.13. The first-order valence-electron chi connectivity index (χ1n) is 6.71. The number of halogens is 1. The molecule has 2 rings (SSSR count). The Balaban J connectivity index is 1.99. The van der Waals surface area contributed by atoms with Crippen molar-refractivity contribution >= 4 is 17.5 Å². The predicted octanol–water partition coefficient (Wildman–Crippen LogP) is 0.385. The molecule has 1 aliphatic rings. The van der Waals surface area contributed by atoms with Crippen LogP contribution in [0.2, 0.25) is 0 Å². The Morgan fingerprint density at radius 3 is 2.67 bits per heavy atom. The number of morpholine rings is 1. The van der Waals surface area contributed by atoms with Gasteiger partial charge in [0.1, 0.15) is 11.9 Å². The number of nitrogen functional groups attached to an aromatic ring is 1. The third-order valence-corrected chi connectivity index (χ3v) is 3.30. The van der Waals surface area contributed by atoms with Crippen LogP contribution in [-0.4, -0.2) is 49.1 Å². The van der Waals surface area contributed by atoms with E-state index in [2.05, 4.69) is 5.32 Å². The Morgan fingerprint density at radius 2 is 2.05 bits per heavy atom. The zero-order chi connectivity index (χ0) is 15.4. The fourth-order valence-corrected chi connectivity index (χ4v) is 2.13. The summed E-state index contributed by atoms with van der Waals surface area (Å²) in [5.74, 6) is -1.18. The van der Waals surface area contributed by atoms with Gasteiger partial charge in [0.15, 0.2) is 0 Å². The van der Waals surface area contributed by atoms with E-state index in [1.165, 1.54) is 6.07 Å². The minimum absolute atomic E-state index is 0.0403. The van der Waals surface area contributed by atoms with Crippen LogP contribution in [0, 0.1) is 5.82 Å². The molecule has 0 bridgehead atoms.